The summed E-state index contributed by atoms with van der Waals surface area (Å²) in [4.78, 5) is 23.1. The van der Waals surface area contributed by atoms with Crippen LogP contribution in [0.1, 0.15) is 18.5 Å². The molecular weight excluding hydrogens is 568 g/mol. The van der Waals surface area contributed by atoms with E-state index in [2.05, 4.69) is 9.97 Å². The summed E-state index contributed by atoms with van der Waals surface area (Å²) in [5.41, 5.74) is 2.67. The van der Waals surface area contributed by atoms with E-state index >= 15 is 0 Å². The van der Waals surface area contributed by atoms with Crippen molar-refractivity contribution in [2.75, 3.05) is 48.8 Å². The van der Waals surface area contributed by atoms with Gasteiger partial charge in [0.2, 0.25) is 22.8 Å². The van der Waals surface area contributed by atoms with Crippen molar-refractivity contribution in [3.8, 4) is 51.7 Å². The number of nitrogens with zero attached hydrogens (tertiary/aromatic N) is 2. The fourth-order valence-corrected chi connectivity index (χ4v) is 4.81. The van der Waals surface area contributed by atoms with Gasteiger partial charge in [-0.1, -0.05) is 12.1 Å². The maximum absolute atomic E-state index is 14.0. The third-order valence-corrected chi connectivity index (χ3v) is 7.00. The first-order valence-electron chi connectivity index (χ1n) is 13.9. The van der Waals surface area contributed by atoms with Gasteiger partial charge in [0.25, 0.3) is 0 Å². The lowest BCUT2D eigenvalue weighted by Crippen LogP contribution is -2.13. The van der Waals surface area contributed by atoms with Gasteiger partial charge >= 0.3 is 0 Å². The van der Waals surface area contributed by atoms with Crippen molar-refractivity contribution < 1.29 is 37.6 Å². The van der Waals surface area contributed by atoms with Crippen molar-refractivity contribution in [2.24, 2.45) is 0 Å². The van der Waals surface area contributed by atoms with Crippen LogP contribution in [0.15, 0.2) is 57.7 Å². The van der Waals surface area contributed by atoms with Crippen LogP contribution in [-0.2, 0) is 0 Å². The molecule has 11 heteroatoms. The molecule has 0 bridgehead atoms. The molecule has 2 aromatic heterocycles. The number of aryl methyl sites for hydroxylation is 1. The SMILES string of the molecule is COc1cc(OC)c2c(=O)c(OCCCCOc3nc4ccccc4nc3C)c(-c3cc(OC)c(OC)c(OC)c3)oc2c1. The summed E-state index contributed by atoms with van der Waals surface area (Å²) in [5.74, 6) is 2.66. The Hall–Kier alpha value is -5.19. The summed E-state index contributed by atoms with van der Waals surface area (Å²) < 4.78 is 45.8. The molecule has 0 aliphatic rings. The standard InChI is InChI=1S/C33H34N2O9/c1-19-33(35-23-12-8-7-11-22(23)34-19)43-14-10-9-13-42-32-29(36)28-24(38-3)17-21(37-2)18-25(28)44-30(32)20-15-26(39-4)31(41-6)27(16-20)40-5/h7-8,11-12,15-18H,9-10,13-14H2,1-6H3. The van der Waals surface area contributed by atoms with Gasteiger partial charge in [-0.2, -0.15) is 0 Å². The van der Waals surface area contributed by atoms with Crippen LogP contribution in [0, 0.1) is 6.92 Å². The van der Waals surface area contributed by atoms with Gasteiger partial charge in [0.05, 0.1) is 59.8 Å². The van der Waals surface area contributed by atoms with Crippen molar-refractivity contribution in [3.63, 3.8) is 0 Å². The number of methoxy groups -OCH3 is 5. The van der Waals surface area contributed by atoms with Crippen molar-refractivity contribution >= 4 is 22.0 Å². The second-order valence-electron chi connectivity index (χ2n) is 9.71. The van der Waals surface area contributed by atoms with Crippen LogP contribution in [-0.4, -0.2) is 58.7 Å². The molecule has 0 saturated carbocycles. The normalized spacial score (nSPS) is 11.0. The van der Waals surface area contributed by atoms with E-state index in [1.54, 1.807) is 24.3 Å². The molecule has 0 unspecified atom stereocenters. The van der Waals surface area contributed by atoms with Gasteiger partial charge in [0.15, 0.2) is 17.3 Å². The molecule has 2 heterocycles. The van der Waals surface area contributed by atoms with E-state index < -0.39 is 5.43 Å². The van der Waals surface area contributed by atoms with E-state index in [0.717, 1.165) is 11.0 Å². The Balaban J connectivity index is 1.43. The molecule has 0 amide bonds. The number of aromatic nitrogens is 2. The van der Waals surface area contributed by atoms with E-state index in [0.29, 0.717) is 65.3 Å². The Morgan fingerprint density at radius 3 is 1.95 bits per heavy atom. The number of rotatable bonds is 13. The van der Waals surface area contributed by atoms with Gasteiger partial charge < -0.3 is 37.6 Å². The van der Waals surface area contributed by atoms with Crippen LogP contribution in [0.5, 0.6) is 40.4 Å². The highest BCUT2D eigenvalue weighted by atomic mass is 16.5. The topological polar surface area (TPSA) is 121 Å². The first-order chi connectivity index (χ1) is 21.4. The third-order valence-electron chi connectivity index (χ3n) is 7.00. The molecule has 3 aromatic carbocycles. The third kappa shape index (κ3) is 5.98. The zero-order valence-electron chi connectivity index (χ0n) is 25.5. The fourth-order valence-electron chi connectivity index (χ4n) is 4.81. The average Bonchev–Trinajstić information content (AvgIpc) is 3.05. The van der Waals surface area contributed by atoms with Gasteiger partial charge in [0.1, 0.15) is 28.2 Å². The van der Waals surface area contributed by atoms with Crippen molar-refractivity contribution in [1.29, 1.82) is 0 Å². The zero-order valence-corrected chi connectivity index (χ0v) is 25.5. The summed E-state index contributed by atoms with van der Waals surface area (Å²) in [7, 11) is 7.54. The lowest BCUT2D eigenvalue weighted by atomic mass is 10.1. The van der Waals surface area contributed by atoms with Gasteiger partial charge in [-0.15, -0.1) is 0 Å². The molecule has 11 nitrogen and oxygen atoms in total. The molecule has 0 spiro atoms. The van der Waals surface area contributed by atoms with Crippen molar-refractivity contribution in [3.05, 3.63) is 64.4 Å². The Morgan fingerprint density at radius 2 is 1.34 bits per heavy atom. The molecule has 0 atom stereocenters. The maximum Gasteiger partial charge on any atom is 0.239 e. The number of hydrogen-bond donors (Lipinski definition) is 0. The predicted octanol–water partition coefficient (Wildman–Crippen LogP) is 5.99. The first-order valence-corrected chi connectivity index (χ1v) is 13.9. The largest absolute Gasteiger partial charge is 0.496 e. The predicted molar refractivity (Wildman–Crippen MR) is 165 cm³/mol. The highest BCUT2D eigenvalue weighted by Gasteiger charge is 2.24. The van der Waals surface area contributed by atoms with Crippen molar-refractivity contribution in [2.45, 2.75) is 19.8 Å². The van der Waals surface area contributed by atoms with Crippen LogP contribution in [0.4, 0.5) is 0 Å². The maximum atomic E-state index is 14.0. The minimum atomic E-state index is -0.396. The quantitative estimate of drug-likeness (QED) is 0.148. The smallest absolute Gasteiger partial charge is 0.239 e. The van der Waals surface area contributed by atoms with Crippen LogP contribution in [0.25, 0.3) is 33.3 Å². The molecule has 5 aromatic rings. The Morgan fingerprint density at radius 1 is 0.705 bits per heavy atom. The highest BCUT2D eigenvalue weighted by Crippen LogP contribution is 2.44. The molecule has 0 N–H and O–H groups in total. The van der Waals surface area contributed by atoms with Gasteiger partial charge in [-0.25, -0.2) is 9.97 Å². The number of hydrogen-bond acceptors (Lipinski definition) is 11. The summed E-state index contributed by atoms with van der Waals surface area (Å²) in [5, 5.41) is 0.230. The molecule has 230 valence electrons. The molecular formula is C33H34N2O9. The van der Waals surface area contributed by atoms with Gasteiger partial charge in [-0.05, 0) is 44.0 Å². The Labute approximate surface area is 254 Å². The number of fused-ring (bicyclic) bond motifs is 2. The summed E-state index contributed by atoms with van der Waals surface area (Å²) in [6.45, 7) is 2.49. The molecule has 0 aliphatic heterocycles. The van der Waals surface area contributed by atoms with E-state index in [9.17, 15) is 4.79 Å². The average molecular weight is 603 g/mol. The highest BCUT2D eigenvalue weighted by molar-refractivity contribution is 5.89. The summed E-state index contributed by atoms with van der Waals surface area (Å²) in [6, 6.07) is 14.3. The Kier molecular flexibility index (Phi) is 9.23. The molecule has 0 fully saturated rings. The first kappa shape index (κ1) is 30.3. The van der Waals surface area contributed by atoms with Crippen LogP contribution in [0.3, 0.4) is 0 Å². The van der Waals surface area contributed by atoms with E-state index in [4.69, 9.17) is 37.6 Å². The zero-order chi connectivity index (χ0) is 31.2. The van der Waals surface area contributed by atoms with Crippen molar-refractivity contribution in [1.82, 2.24) is 9.97 Å². The van der Waals surface area contributed by atoms with Gasteiger partial charge in [-0.3, -0.25) is 4.79 Å². The number of benzene rings is 3. The second-order valence-corrected chi connectivity index (χ2v) is 9.71. The molecule has 44 heavy (non-hydrogen) atoms. The lowest BCUT2D eigenvalue weighted by molar-refractivity contribution is 0.257. The lowest BCUT2D eigenvalue weighted by Gasteiger charge is -2.17. The van der Waals surface area contributed by atoms with Crippen LogP contribution in [0.2, 0.25) is 0 Å². The number of unbranched alkanes of at least 4 members (excludes halogenated alkanes) is 1. The number of ether oxygens (including phenoxy) is 7. The van der Waals surface area contributed by atoms with Crippen LogP contribution >= 0.6 is 0 Å². The van der Waals surface area contributed by atoms with Crippen LogP contribution < -0.4 is 38.6 Å². The minimum Gasteiger partial charge on any atom is -0.496 e. The Bertz CT molecular complexity index is 1830. The number of para-hydroxylation sites is 2. The van der Waals surface area contributed by atoms with Gasteiger partial charge in [0, 0.05) is 17.7 Å². The molecule has 0 aliphatic carbocycles. The monoisotopic (exact) mass is 602 g/mol. The minimum absolute atomic E-state index is 0.0207. The molecule has 0 radical (unpaired) electrons. The molecule has 0 saturated heterocycles. The summed E-state index contributed by atoms with van der Waals surface area (Å²) in [6.07, 6.45) is 1.23. The molecule has 5 rings (SSSR count). The van der Waals surface area contributed by atoms with E-state index in [-0.39, 0.29) is 29.1 Å². The van der Waals surface area contributed by atoms with E-state index in [1.165, 1.54) is 35.5 Å². The summed E-state index contributed by atoms with van der Waals surface area (Å²) >= 11 is 0. The second kappa shape index (κ2) is 13.4. The fraction of sp³-hybridized carbons (Fsp3) is 0.303. The van der Waals surface area contributed by atoms with E-state index in [1.807, 2.05) is 31.2 Å².